The Bertz CT molecular complexity index is 1370. The van der Waals surface area contributed by atoms with Gasteiger partial charge in [-0.3, -0.25) is 9.69 Å². The predicted molar refractivity (Wildman–Crippen MR) is 143 cm³/mol. The number of carbonyl (C=O) groups is 1. The summed E-state index contributed by atoms with van der Waals surface area (Å²) in [4.78, 5) is 21.4. The van der Waals surface area contributed by atoms with Crippen molar-refractivity contribution in [2.24, 2.45) is 11.8 Å². The highest BCUT2D eigenvalue weighted by Gasteiger charge is 2.32. The summed E-state index contributed by atoms with van der Waals surface area (Å²) < 4.78 is 56.3. The van der Waals surface area contributed by atoms with Gasteiger partial charge in [-0.1, -0.05) is 25.2 Å². The number of halogens is 2. The van der Waals surface area contributed by atoms with Gasteiger partial charge in [0.15, 0.2) is 10.9 Å². The van der Waals surface area contributed by atoms with Crippen LogP contribution < -0.4 is 4.90 Å². The lowest BCUT2D eigenvalue weighted by atomic mass is 9.94. The van der Waals surface area contributed by atoms with Gasteiger partial charge in [0.05, 0.1) is 9.60 Å². The number of sulfonamides is 1. The Hall–Kier alpha value is -2.47. The molecule has 2 unspecified atom stereocenters. The van der Waals surface area contributed by atoms with Crippen LogP contribution in [-0.2, 0) is 10.0 Å². The molecule has 2 aromatic carbocycles. The molecule has 200 valence electrons. The van der Waals surface area contributed by atoms with Crippen LogP contribution in [0.3, 0.4) is 0 Å². The van der Waals surface area contributed by atoms with Crippen LogP contribution >= 0.6 is 11.3 Å². The van der Waals surface area contributed by atoms with Crippen molar-refractivity contribution in [1.82, 2.24) is 14.2 Å². The number of carbonyl (C=O) groups excluding carboxylic acids is 1. The molecule has 0 bridgehead atoms. The second kappa shape index (κ2) is 11.1. The van der Waals surface area contributed by atoms with Gasteiger partial charge in [0.2, 0.25) is 10.0 Å². The lowest BCUT2D eigenvalue weighted by Gasteiger charge is -2.34. The standard InChI is InChI=1S/C26H32F2N4O3S2/c1-17-12-18(2)16-31(15-17)37(34,35)21-8-6-19(7-9-21)25(33)32(11-5-10-30(3)4)26-29-24-22(28)13-20(27)14-23(24)36-26/h6-9,13-14,17-18H,5,10-12,15-16H2,1-4H3. The van der Waals surface area contributed by atoms with Gasteiger partial charge in [0.1, 0.15) is 11.3 Å². The minimum atomic E-state index is -3.68. The molecule has 3 aromatic rings. The third kappa shape index (κ3) is 6.17. The maximum atomic E-state index is 14.3. The topological polar surface area (TPSA) is 73.8 Å². The molecule has 37 heavy (non-hydrogen) atoms. The molecule has 2 atom stereocenters. The number of nitrogens with zero attached hydrogens (tertiary/aromatic N) is 4. The quantitative estimate of drug-likeness (QED) is 0.401. The van der Waals surface area contributed by atoms with Crippen LogP contribution in [0.5, 0.6) is 0 Å². The van der Waals surface area contributed by atoms with Gasteiger partial charge in [0, 0.05) is 31.3 Å². The predicted octanol–water partition coefficient (Wildman–Crippen LogP) is 4.84. The summed E-state index contributed by atoms with van der Waals surface area (Å²) >= 11 is 1.04. The van der Waals surface area contributed by atoms with Crippen molar-refractivity contribution in [3.05, 3.63) is 53.6 Å². The number of benzene rings is 2. The molecular weight excluding hydrogens is 518 g/mol. The zero-order valence-electron chi connectivity index (χ0n) is 21.4. The highest BCUT2D eigenvalue weighted by Crippen LogP contribution is 2.32. The maximum Gasteiger partial charge on any atom is 0.260 e. The van der Waals surface area contributed by atoms with E-state index >= 15 is 0 Å². The Morgan fingerprint density at radius 1 is 1.08 bits per heavy atom. The molecule has 0 saturated carbocycles. The average Bonchev–Trinajstić information content (AvgIpc) is 3.25. The highest BCUT2D eigenvalue weighted by molar-refractivity contribution is 7.89. The van der Waals surface area contributed by atoms with Gasteiger partial charge in [-0.05, 0) is 75.6 Å². The van der Waals surface area contributed by atoms with Crippen molar-refractivity contribution in [3.8, 4) is 0 Å². The molecule has 0 aliphatic carbocycles. The summed E-state index contributed by atoms with van der Waals surface area (Å²) in [6.45, 7) is 6.07. The van der Waals surface area contributed by atoms with Crippen LogP contribution in [0.1, 0.15) is 37.0 Å². The Morgan fingerprint density at radius 2 is 1.73 bits per heavy atom. The Labute approximate surface area is 220 Å². The van der Waals surface area contributed by atoms with Crippen LogP contribution in [0.25, 0.3) is 10.2 Å². The molecule has 1 fully saturated rings. The molecule has 1 saturated heterocycles. The summed E-state index contributed by atoms with van der Waals surface area (Å²) in [7, 11) is 0.166. The van der Waals surface area contributed by atoms with E-state index < -0.39 is 21.7 Å². The van der Waals surface area contributed by atoms with E-state index in [9.17, 15) is 22.0 Å². The Kier molecular flexibility index (Phi) is 8.27. The van der Waals surface area contributed by atoms with E-state index in [0.29, 0.717) is 37.3 Å². The number of piperidine rings is 1. The number of hydrogen-bond acceptors (Lipinski definition) is 6. The second-order valence-electron chi connectivity index (χ2n) is 10.1. The first kappa shape index (κ1) is 27.6. The van der Waals surface area contributed by atoms with Gasteiger partial charge in [0.25, 0.3) is 5.91 Å². The number of anilines is 1. The third-order valence-electron chi connectivity index (χ3n) is 6.44. The first-order chi connectivity index (χ1) is 17.5. The molecular formula is C26H32F2N4O3S2. The lowest BCUT2D eigenvalue weighted by molar-refractivity contribution is 0.0986. The minimum Gasteiger partial charge on any atom is -0.309 e. The van der Waals surface area contributed by atoms with Crippen molar-refractivity contribution >= 4 is 42.6 Å². The highest BCUT2D eigenvalue weighted by atomic mass is 32.2. The molecule has 0 radical (unpaired) electrons. The summed E-state index contributed by atoms with van der Waals surface area (Å²) in [5.41, 5.74) is 0.299. The van der Waals surface area contributed by atoms with Gasteiger partial charge < -0.3 is 4.90 Å². The Morgan fingerprint density at radius 3 is 2.35 bits per heavy atom. The summed E-state index contributed by atoms with van der Waals surface area (Å²) in [6.07, 6.45) is 1.62. The van der Waals surface area contributed by atoms with E-state index in [4.69, 9.17) is 0 Å². The minimum absolute atomic E-state index is 0.0123. The van der Waals surface area contributed by atoms with Crippen LogP contribution in [0.15, 0.2) is 41.3 Å². The van der Waals surface area contributed by atoms with Crippen molar-refractivity contribution in [3.63, 3.8) is 0 Å². The monoisotopic (exact) mass is 550 g/mol. The van der Waals surface area contributed by atoms with Crippen molar-refractivity contribution in [2.75, 3.05) is 45.2 Å². The molecule has 4 rings (SSSR count). The summed E-state index contributed by atoms with van der Waals surface area (Å²) in [6, 6.07) is 7.88. The van der Waals surface area contributed by atoms with E-state index in [1.807, 2.05) is 32.8 Å². The zero-order chi connectivity index (χ0) is 26.9. The number of rotatable bonds is 8. The van der Waals surface area contributed by atoms with Gasteiger partial charge in [-0.2, -0.15) is 4.31 Å². The van der Waals surface area contributed by atoms with Crippen molar-refractivity contribution in [2.45, 2.75) is 31.6 Å². The lowest BCUT2D eigenvalue weighted by Crippen LogP contribution is -2.42. The van der Waals surface area contributed by atoms with E-state index in [1.54, 1.807) is 0 Å². The van der Waals surface area contributed by atoms with Gasteiger partial charge in [-0.15, -0.1) is 0 Å². The van der Waals surface area contributed by atoms with Crippen LogP contribution in [0, 0.1) is 23.5 Å². The molecule has 1 aromatic heterocycles. The number of aromatic nitrogens is 1. The summed E-state index contributed by atoms with van der Waals surface area (Å²) in [5.74, 6) is -1.32. The molecule has 1 amide bonds. The second-order valence-corrected chi connectivity index (χ2v) is 13.1. The smallest absolute Gasteiger partial charge is 0.260 e. The Balaban J connectivity index is 1.62. The fourth-order valence-corrected chi connectivity index (χ4v) is 7.48. The van der Waals surface area contributed by atoms with Gasteiger partial charge in [-0.25, -0.2) is 22.2 Å². The number of amides is 1. The molecule has 2 heterocycles. The fraction of sp³-hybridized carbons (Fsp3) is 0.462. The van der Waals surface area contributed by atoms with Crippen LogP contribution in [0.4, 0.5) is 13.9 Å². The average molecular weight is 551 g/mol. The number of thiazole rings is 1. The van der Waals surface area contributed by atoms with Crippen LogP contribution in [0.2, 0.25) is 0 Å². The first-order valence-electron chi connectivity index (χ1n) is 12.3. The fourth-order valence-electron chi connectivity index (χ4n) is 4.77. The maximum absolute atomic E-state index is 14.3. The van der Waals surface area contributed by atoms with E-state index in [-0.39, 0.29) is 38.9 Å². The number of hydrogen-bond donors (Lipinski definition) is 0. The summed E-state index contributed by atoms with van der Waals surface area (Å²) in [5, 5.41) is 0.260. The number of fused-ring (bicyclic) bond motifs is 1. The molecule has 0 N–H and O–H groups in total. The molecule has 1 aliphatic heterocycles. The zero-order valence-corrected chi connectivity index (χ0v) is 23.1. The van der Waals surface area contributed by atoms with E-state index in [2.05, 4.69) is 4.98 Å². The largest absolute Gasteiger partial charge is 0.309 e. The van der Waals surface area contributed by atoms with Crippen molar-refractivity contribution in [1.29, 1.82) is 0 Å². The van der Waals surface area contributed by atoms with E-state index in [0.717, 1.165) is 23.8 Å². The molecule has 1 aliphatic rings. The first-order valence-corrected chi connectivity index (χ1v) is 14.5. The van der Waals surface area contributed by atoms with Crippen LogP contribution in [-0.4, -0.2) is 68.8 Å². The SMILES string of the molecule is CC1CC(C)CN(S(=O)(=O)c2ccc(C(=O)N(CCCN(C)C)c3nc4c(F)cc(F)cc4s3)cc2)C1. The van der Waals surface area contributed by atoms with Crippen molar-refractivity contribution < 1.29 is 22.0 Å². The van der Waals surface area contributed by atoms with E-state index in [1.165, 1.54) is 39.5 Å². The molecule has 7 nitrogen and oxygen atoms in total. The third-order valence-corrected chi connectivity index (χ3v) is 9.31. The van der Waals surface area contributed by atoms with Gasteiger partial charge >= 0.3 is 0 Å². The normalized spacial score (nSPS) is 19.0. The molecule has 0 spiro atoms. The molecule has 11 heteroatoms.